The Kier molecular flexibility index (Phi) is 3.76. The van der Waals surface area contributed by atoms with Gasteiger partial charge in [0.2, 0.25) is 5.88 Å². The number of nitrogens with zero attached hydrogens (tertiary/aromatic N) is 1. The summed E-state index contributed by atoms with van der Waals surface area (Å²) in [6.07, 6.45) is 1.71. The van der Waals surface area contributed by atoms with E-state index in [1.165, 1.54) is 0 Å². The van der Waals surface area contributed by atoms with Crippen LogP contribution in [0, 0.1) is 6.92 Å². The summed E-state index contributed by atoms with van der Waals surface area (Å²) < 4.78 is 6.76. The zero-order chi connectivity index (χ0) is 12.3. The number of benzene rings is 1. The second-order valence-corrected chi connectivity index (χ2v) is 4.60. The molecular weight excluding hydrogens is 280 g/mol. The molecule has 0 unspecified atom stereocenters. The predicted molar refractivity (Wildman–Crippen MR) is 71.1 cm³/mol. The third kappa shape index (κ3) is 2.84. The van der Waals surface area contributed by atoms with Crippen LogP contribution in [0.3, 0.4) is 0 Å². The van der Waals surface area contributed by atoms with E-state index in [2.05, 4.69) is 20.9 Å². The molecule has 0 amide bonds. The number of aryl methyl sites for hydroxylation is 1. The van der Waals surface area contributed by atoms with Gasteiger partial charge in [0.25, 0.3) is 0 Å². The summed E-state index contributed by atoms with van der Waals surface area (Å²) >= 11 is 3.41. The van der Waals surface area contributed by atoms with Gasteiger partial charge >= 0.3 is 0 Å². The maximum atomic E-state index is 5.77. The summed E-state index contributed by atoms with van der Waals surface area (Å²) in [5, 5.41) is 0. The first-order valence-electron chi connectivity index (χ1n) is 5.28. The highest BCUT2D eigenvalue weighted by Crippen LogP contribution is 2.28. The number of pyridine rings is 1. The third-order valence-corrected chi connectivity index (χ3v) is 2.90. The van der Waals surface area contributed by atoms with Crippen LogP contribution in [0.5, 0.6) is 11.6 Å². The smallest absolute Gasteiger partial charge is 0.222 e. The number of nitrogens with two attached hydrogens (primary N) is 1. The Labute approximate surface area is 109 Å². The molecule has 1 aromatic heterocycles. The van der Waals surface area contributed by atoms with Crippen molar-refractivity contribution in [2.75, 3.05) is 0 Å². The van der Waals surface area contributed by atoms with Crippen LogP contribution in [0.2, 0.25) is 0 Å². The Hall–Kier alpha value is -1.39. The van der Waals surface area contributed by atoms with Gasteiger partial charge in [0.15, 0.2) is 0 Å². The molecule has 0 spiro atoms. The summed E-state index contributed by atoms with van der Waals surface area (Å²) in [7, 11) is 0. The predicted octanol–water partition coefficient (Wildman–Crippen LogP) is 3.40. The van der Waals surface area contributed by atoms with Gasteiger partial charge in [-0.3, -0.25) is 0 Å². The molecule has 0 bridgehead atoms. The van der Waals surface area contributed by atoms with Crippen molar-refractivity contribution in [2.24, 2.45) is 5.73 Å². The molecule has 2 N–H and O–H groups in total. The van der Waals surface area contributed by atoms with Crippen molar-refractivity contribution in [1.29, 1.82) is 0 Å². The molecule has 4 heteroatoms. The third-order valence-electron chi connectivity index (χ3n) is 2.41. The highest BCUT2D eigenvalue weighted by Gasteiger charge is 2.06. The molecular formula is C13H13BrN2O. The number of aromatic nitrogens is 1. The van der Waals surface area contributed by atoms with Gasteiger partial charge in [-0.15, -0.1) is 0 Å². The van der Waals surface area contributed by atoms with Crippen LogP contribution in [-0.2, 0) is 6.54 Å². The molecule has 0 saturated heterocycles. The van der Waals surface area contributed by atoms with E-state index < -0.39 is 0 Å². The SMILES string of the molecule is Cc1cccnc1Oc1ccc(Br)cc1CN. The summed E-state index contributed by atoms with van der Waals surface area (Å²) in [6, 6.07) is 9.61. The second-order valence-electron chi connectivity index (χ2n) is 3.68. The molecule has 1 heterocycles. The maximum absolute atomic E-state index is 5.77. The topological polar surface area (TPSA) is 48.1 Å². The van der Waals surface area contributed by atoms with E-state index in [9.17, 15) is 0 Å². The molecule has 0 fully saturated rings. The van der Waals surface area contributed by atoms with Gasteiger partial charge in [0.05, 0.1) is 0 Å². The van der Waals surface area contributed by atoms with Crippen LogP contribution >= 0.6 is 15.9 Å². The van der Waals surface area contributed by atoms with Crippen molar-refractivity contribution < 1.29 is 4.74 Å². The lowest BCUT2D eigenvalue weighted by Gasteiger charge is -2.11. The molecule has 0 aliphatic heterocycles. The molecule has 2 rings (SSSR count). The Morgan fingerprint density at radius 3 is 2.88 bits per heavy atom. The standard InChI is InChI=1S/C13H13BrN2O/c1-9-3-2-6-16-13(9)17-12-5-4-11(14)7-10(12)8-15/h2-7H,8,15H2,1H3. The second kappa shape index (κ2) is 5.29. The molecule has 0 atom stereocenters. The van der Waals surface area contributed by atoms with Crippen LogP contribution in [0.15, 0.2) is 41.0 Å². The van der Waals surface area contributed by atoms with Gasteiger partial charge < -0.3 is 10.5 Å². The number of halogens is 1. The first-order chi connectivity index (χ1) is 8.20. The van der Waals surface area contributed by atoms with Crippen molar-refractivity contribution in [2.45, 2.75) is 13.5 Å². The van der Waals surface area contributed by atoms with Gasteiger partial charge in [-0.1, -0.05) is 22.0 Å². The van der Waals surface area contributed by atoms with E-state index in [0.29, 0.717) is 12.4 Å². The van der Waals surface area contributed by atoms with Gasteiger partial charge in [-0.05, 0) is 31.2 Å². The van der Waals surface area contributed by atoms with Crippen LogP contribution in [-0.4, -0.2) is 4.98 Å². The zero-order valence-electron chi connectivity index (χ0n) is 9.48. The Morgan fingerprint density at radius 1 is 1.35 bits per heavy atom. The normalized spacial score (nSPS) is 10.3. The molecule has 2 aromatic rings. The van der Waals surface area contributed by atoms with Crippen molar-refractivity contribution in [3.8, 4) is 11.6 Å². The first-order valence-corrected chi connectivity index (χ1v) is 6.08. The van der Waals surface area contributed by atoms with Crippen LogP contribution in [0.25, 0.3) is 0 Å². The molecule has 0 aliphatic rings. The molecule has 0 radical (unpaired) electrons. The molecule has 88 valence electrons. The number of hydrogen-bond donors (Lipinski definition) is 1. The van der Waals surface area contributed by atoms with E-state index >= 15 is 0 Å². The van der Waals surface area contributed by atoms with Crippen LogP contribution in [0.4, 0.5) is 0 Å². The van der Waals surface area contributed by atoms with Crippen molar-refractivity contribution in [3.63, 3.8) is 0 Å². The Balaban J connectivity index is 2.33. The fraction of sp³-hybridized carbons (Fsp3) is 0.154. The maximum Gasteiger partial charge on any atom is 0.222 e. The quantitative estimate of drug-likeness (QED) is 0.943. The number of ether oxygens (including phenoxy) is 1. The Morgan fingerprint density at radius 2 is 2.18 bits per heavy atom. The van der Waals surface area contributed by atoms with E-state index in [-0.39, 0.29) is 0 Å². The minimum absolute atomic E-state index is 0.431. The van der Waals surface area contributed by atoms with Crippen LogP contribution in [0.1, 0.15) is 11.1 Å². The van der Waals surface area contributed by atoms with Crippen molar-refractivity contribution in [1.82, 2.24) is 4.98 Å². The molecule has 0 aliphatic carbocycles. The minimum atomic E-state index is 0.431. The van der Waals surface area contributed by atoms with Gasteiger partial charge in [-0.2, -0.15) is 0 Å². The lowest BCUT2D eigenvalue weighted by atomic mass is 10.2. The zero-order valence-corrected chi connectivity index (χ0v) is 11.1. The fourth-order valence-corrected chi connectivity index (χ4v) is 1.90. The average molecular weight is 293 g/mol. The van der Waals surface area contributed by atoms with Crippen molar-refractivity contribution in [3.05, 3.63) is 52.1 Å². The fourth-order valence-electron chi connectivity index (χ4n) is 1.49. The van der Waals surface area contributed by atoms with E-state index in [0.717, 1.165) is 21.3 Å². The molecule has 0 saturated carbocycles. The van der Waals surface area contributed by atoms with Gasteiger partial charge in [0.1, 0.15) is 5.75 Å². The number of hydrogen-bond acceptors (Lipinski definition) is 3. The summed E-state index contributed by atoms with van der Waals surface area (Å²) in [5.74, 6) is 1.36. The van der Waals surface area contributed by atoms with Gasteiger partial charge in [-0.25, -0.2) is 4.98 Å². The highest BCUT2D eigenvalue weighted by atomic mass is 79.9. The first kappa shape index (κ1) is 12.1. The molecule has 1 aromatic carbocycles. The lowest BCUT2D eigenvalue weighted by molar-refractivity contribution is 0.453. The van der Waals surface area contributed by atoms with E-state index in [1.54, 1.807) is 6.20 Å². The molecule has 17 heavy (non-hydrogen) atoms. The number of rotatable bonds is 3. The Bertz CT molecular complexity index is 529. The largest absolute Gasteiger partial charge is 0.438 e. The monoisotopic (exact) mass is 292 g/mol. The highest BCUT2D eigenvalue weighted by molar-refractivity contribution is 9.10. The van der Waals surface area contributed by atoms with E-state index in [4.69, 9.17) is 10.5 Å². The molecule has 3 nitrogen and oxygen atoms in total. The van der Waals surface area contributed by atoms with E-state index in [1.807, 2.05) is 37.3 Å². The lowest BCUT2D eigenvalue weighted by Crippen LogP contribution is -2.00. The van der Waals surface area contributed by atoms with Crippen LogP contribution < -0.4 is 10.5 Å². The average Bonchev–Trinajstić information content (AvgIpc) is 2.34. The van der Waals surface area contributed by atoms with Gasteiger partial charge in [0, 0.05) is 28.3 Å². The summed E-state index contributed by atoms with van der Waals surface area (Å²) in [5.41, 5.74) is 7.64. The summed E-state index contributed by atoms with van der Waals surface area (Å²) in [4.78, 5) is 4.20. The van der Waals surface area contributed by atoms with Crippen molar-refractivity contribution >= 4 is 15.9 Å². The summed E-state index contributed by atoms with van der Waals surface area (Å²) in [6.45, 7) is 2.39. The minimum Gasteiger partial charge on any atom is -0.438 e.